The van der Waals surface area contributed by atoms with Crippen molar-refractivity contribution in [2.45, 2.75) is 38.6 Å². The topological polar surface area (TPSA) is 21.3 Å². The Bertz CT molecular complexity index is 386. The van der Waals surface area contributed by atoms with Crippen LogP contribution in [0.1, 0.15) is 30.9 Å². The highest BCUT2D eigenvalue weighted by Gasteiger charge is 2.18. The lowest BCUT2D eigenvalue weighted by atomic mass is 10.00. The molecule has 1 fully saturated rings. The molecule has 0 amide bonds. The van der Waals surface area contributed by atoms with E-state index in [1.165, 1.54) is 24.0 Å². The first kappa shape index (κ1) is 12.9. The van der Waals surface area contributed by atoms with Crippen LogP contribution in [-0.4, -0.2) is 19.7 Å². The van der Waals surface area contributed by atoms with E-state index in [4.69, 9.17) is 4.74 Å². The van der Waals surface area contributed by atoms with Gasteiger partial charge in [-0.25, -0.2) is 0 Å². The molecule has 3 heteroatoms. The van der Waals surface area contributed by atoms with Crippen LogP contribution >= 0.6 is 15.9 Å². The summed E-state index contributed by atoms with van der Waals surface area (Å²) in [4.78, 5) is 0. The van der Waals surface area contributed by atoms with Crippen molar-refractivity contribution in [3.05, 3.63) is 27.7 Å². The molecular formula is C14H20BrNO. The van der Waals surface area contributed by atoms with Crippen LogP contribution in [0.3, 0.4) is 0 Å². The summed E-state index contributed by atoms with van der Waals surface area (Å²) >= 11 is 3.59. The van der Waals surface area contributed by atoms with Crippen molar-refractivity contribution in [2.75, 3.05) is 13.7 Å². The lowest BCUT2D eigenvalue weighted by Crippen LogP contribution is -2.24. The van der Waals surface area contributed by atoms with Gasteiger partial charge in [0.05, 0.1) is 7.11 Å². The molecule has 2 nitrogen and oxygen atoms in total. The van der Waals surface area contributed by atoms with Gasteiger partial charge in [0.1, 0.15) is 5.75 Å². The van der Waals surface area contributed by atoms with Crippen LogP contribution in [0.15, 0.2) is 16.6 Å². The minimum atomic E-state index is 0.614. The number of hydrogen-bond acceptors (Lipinski definition) is 2. The molecular weight excluding hydrogens is 278 g/mol. The van der Waals surface area contributed by atoms with Gasteiger partial charge in [0.25, 0.3) is 0 Å². The molecule has 0 saturated carbocycles. The van der Waals surface area contributed by atoms with Crippen LogP contribution in [0.2, 0.25) is 0 Å². The molecule has 17 heavy (non-hydrogen) atoms. The molecule has 1 unspecified atom stereocenters. The molecule has 1 aromatic rings. The number of ether oxygens (including phenoxy) is 1. The number of rotatable bonds is 4. The molecule has 1 aromatic carbocycles. The van der Waals surface area contributed by atoms with Gasteiger partial charge in [-0.2, -0.15) is 0 Å². The summed E-state index contributed by atoms with van der Waals surface area (Å²) < 4.78 is 6.74. The average Bonchev–Trinajstić information content (AvgIpc) is 2.81. The maximum atomic E-state index is 5.58. The maximum absolute atomic E-state index is 5.58. The Balaban J connectivity index is 2.26. The van der Waals surface area contributed by atoms with Gasteiger partial charge in [-0.05, 0) is 55.5 Å². The van der Waals surface area contributed by atoms with Gasteiger partial charge in [-0.15, -0.1) is 0 Å². The Morgan fingerprint density at radius 2 is 2.18 bits per heavy atom. The van der Waals surface area contributed by atoms with Gasteiger partial charge in [-0.1, -0.05) is 22.9 Å². The maximum Gasteiger partial charge on any atom is 0.125 e. The van der Waals surface area contributed by atoms with Gasteiger partial charge in [0.15, 0.2) is 0 Å². The first-order valence-corrected chi connectivity index (χ1v) is 7.12. The third-order valence-corrected chi connectivity index (χ3v) is 3.88. The molecule has 0 bridgehead atoms. The summed E-state index contributed by atoms with van der Waals surface area (Å²) in [6, 6.07) is 4.96. The molecule has 1 saturated heterocycles. The van der Waals surface area contributed by atoms with Crippen LogP contribution in [0.5, 0.6) is 5.75 Å². The van der Waals surface area contributed by atoms with E-state index in [1.54, 1.807) is 7.11 Å². The summed E-state index contributed by atoms with van der Waals surface area (Å²) in [7, 11) is 1.77. The average molecular weight is 298 g/mol. The number of methoxy groups -OCH3 is 1. The highest BCUT2D eigenvalue weighted by atomic mass is 79.9. The summed E-state index contributed by atoms with van der Waals surface area (Å²) in [6.45, 7) is 3.32. The smallest absolute Gasteiger partial charge is 0.125 e. The van der Waals surface area contributed by atoms with Crippen molar-refractivity contribution < 1.29 is 4.74 Å². The van der Waals surface area contributed by atoms with E-state index >= 15 is 0 Å². The van der Waals surface area contributed by atoms with Crippen molar-refractivity contribution in [2.24, 2.45) is 0 Å². The van der Waals surface area contributed by atoms with Crippen molar-refractivity contribution >= 4 is 15.9 Å². The highest BCUT2D eigenvalue weighted by molar-refractivity contribution is 9.10. The molecule has 2 rings (SSSR count). The fraction of sp³-hybridized carbons (Fsp3) is 0.571. The van der Waals surface area contributed by atoms with Gasteiger partial charge < -0.3 is 10.1 Å². The quantitative estimate of drug-likeness (QED) is 0.921. The molecule has 94 valence electrons. The van der Waals surface area contributed by atoms with E-state index in [-0.39, 0.29) is 0 Å². The summed E-state index contributed by atoms with van der Waals surface area (Å²) in [5.41, 5.74) is 2.60. The Morgan fingerprint density at radius 3 is 2.76 bits per heavy atom. The van der Waals surface area contributed by atoms with Gasteiger partial charge in [0, 0.05) is 10.5 Å². The largest absolute Gasteiger partial charge is 0.496 e. The molecule has 1 aliphatic heterocycles. The summed E-state index contributed by atoms with van der Waals surface area (Å²) in [5.74, 6) is 1.07. The van der Waals surface area contributed by atoms with E-state index in [9.17, 15) is 0 Å². The molecule has 0 radical (unpaired) electrons. The van der Waals surface area contributed by atoms with Crippen LogP contribution in [0.25, 0.3) is 0 Å². The van der Waals surface area contributed by atoms with E-state index in [0.717, 1.165) is 29.6 Å². The zero-order valence-corrected chi connectivity index (χ0v) is 12.1. The predicted octanol–water partition coefficient (Wildman–Crippen LogP) is 3.31. The second kappa shape index (κ2) is 5.87. The van der Waals surface area contributed by atoms with E-state index in [0.29, 0.717) is 6.04 Å². The van der Waals surface area contributed by atoms with E-state index in [2.05, 4.69) is 40.3 Å². The monoisotopic (exact) mass is 297 g/mol. The standard InChI is InChI=1S/C14H20BrNO/c1-3-10-7-12(15)8-11(14(10)17-2)9-13-5-4-6-16-13/h7-8,13,16H,3-6,9H2,1-2H3. The number of aryl methyl sites for hydroxylation is 1. The molecule has 1 aliphatic rings. The minimum Gasteiger partial charge on any atom is -0.496 e. The van der Waals surface area contributed by atoms with Crippen molar-refractivity contribution in [3.8, 4) is 5.75 Å². The normalized spacial score (nSPS) is 19.6. The summed E-state index contributed by atoms with van der Waals surface area (Å²) in [6.07, 6.45) is 4.64. The van der Waals surface area contributed by atoms with Crippen LogP contribution in [0.4, 0.5) is 0 Å². The van der Waals surface area contributed by atoms with Gasteiger partial charge in [0.2, 0.25) is 0 Å². The Labute approximate surface area is 112 Å². The Morgan fingerprint density at radius 1 is 1.41 bits per heavy atom. The number of halogens is 1. The number of hydrogen-bond donors (Lipinski definition) is 1. The number of nitrogens with one attached hydrogen (secondary N) is 1. The van der Waals surface area contributed by atoms with Crippen LogP contribution in [0, 0.1) is 0 Å². The molecule has 0 aromatic heterocycles. The van der Waals surface area contributed by atoms with Gasteiger partial charge in [-0.3, -0.25) is 0 Å². The molecule has 0 spiro atoms. The van der Waals surface area contributed by atoms with Gasteiger partial charge >= 0.3 is 0 Å². The molecule has 1 atom stereocenters. The van der Waals surface area contributed by atoms with E-state index < -0.39 is 0 Å². The zero-order chi connectivity index (χ0) is 12.3. The third kappa shape index (κ3) is 3.02. The van der Waals surface area contributed by atoms with Crippen LogP contribution in [-0.2, 0) is 12.8 Å². The van der Waals surface area contributed by atoms with E-state index in [1.807, 2.05) is 0 Å². The zero-order valence-electron chi connectivity index (χ0n) is 10.6. The Hall–Kier alpha value is -0.540. The van der Waals surface area contributed by atoms with Crippen molar-refractivity contribution in [1.29, 1.82) is 0 Å². The SMILES string of the molecule is CCc1cc(Br)cc(CC2CCCN2)c1OC. The molecule has 1 heterocycles. The van der Waals surface area contributed by atoms with Crippen molar-refractivity contribution in [3.63, 3.8) is 0 Å². The van der Waals surface area contributed by atoms with Crippen LogP contribution < -0.4 is 10.1 Å². The fourth-order valence-corrected chi connectivity index (χ4v) is 3.14. The highest BCUT2D eigenvalue weighted by Crippen LogP contribution is 2.30. The lowest BCUT2D eigenvalue weighted by Gasteiger charge is -2.16. The summed E-state index contributed by atoms with van der Waals surface area (Å²) in [5, 5.41) is 3.54. The molecule has 0 aliphatic carbocycles. The third-order valence-electron chi connectivity index (χ3n) is 3.42. The lowest BCUT2D eigenvalue weighted by molar-refractivity contribution is 0.402. The Kier molecular flexibility index (Phi) is 4.46. The van der Waals surface area contributed by atoms with Crippen molar-refractivity contribution in [1.82, 2.24) is 5.32 Å². The number of benzene rings is 1. The second-order valence-corrected chi connectivity index (χ2v) is 5.52. The first-order chi connectivity index (χ1) is 8.24. The minimum absolute atomic E-state index is 0.614. The first-order valence-electron chi connectivity index (χ1n) is 6.33. The molecule has 1 N–H and O–H groups in total. The predicted molar refractivity (Wildman–Crippen MR) is 74.8 cm³/mol. The fourth-order valence-electron chi connectivity index (χ4n) is 2.58. The second-order valence-electron chi connectivity index (χ2n) is 4.61.